The predicted molar refractivity (Wildman–Crippen MR) is 130 cm³/mol. The summed E-state index contributed by atoms with van der Waals surface area (Å²) in [6.07, 6.45) is 5.73. The van der Waals surface area contributed by atoms with Crippen LogP contribution in [0.15, 0.2) is 27.8 Å². The van der Waals surface area contributed by atoms with Gasteiger partial charge in [-0.15, -0.1) is 0 Å². The molecule has 0 bridgehead atoms. The maximum atomic E-state index is 12.7. The lowest BCUT2D eigenvalue weighted by Crippen LogP contribution is -2.45. The molecule has 1 aliphatic heterocycles. The zero-order valence-corrected chi connectivity index (χ0v) is 19.5. The van der Waals surface area contributed by atoms with Crippen LogP contribution in [0.25, 0.3) is 0 Å². The molecule has 0 radical (unpaired) electrons. The number of anilines is 3. The Hall–Kier alpha value is -2.63. The first kappa shape index (κ1) is 22.6. The third kappa shape index (κ3) is 4.74. The first-order valence-electron chi connectivity index (χ1n) is 12.0. The monoisotopic (exact) mass is 437 g/mol. The summed E-state index contributed by atoms with van der Waals surface area (Å²) in [5.41, 5.74) is 3.57. The number of rotatable bonds is 6. The van der Waals surface area contributed by atoms with Gasteiger partial charge in [0, 0.05) is 31.2 Å². The third-order valence-electron chi connectivity index (χ3n) is 7.41. The highest BCUT2D eigenvalue weighted by Gasteiger charge is 2.30. The maximum absolute atomic E-state index is 12.7. The standard InChI is InChI=1S/C26H35N3O3/c1-16-10-12-29(13-11-16)23-22(24(30)25(23)31)27-15-19-5-7-20(8-6-19)26(32)28-21-9-4-17(2)14-18(21)3/h4,9,14,16,19-20,27H,5-8,10-13,15H2,1-3H3,(H,28,32). The van der Waals surface area contributed by atoms with E-state index in [4.69, 9.17) is 0 Å². The minimum Gasteiger partial charge on any atom is -0.380 e. The van der Waals surface area contributed by atoms with Gasteiger partial charge < -0.3 is 15.5 Å². The first-order valence-corrected chi connectivity index (χ1v) is 12.0. The van der Waals surface area contributed by atoms with Crippen molar-refractivity contribution in [3.8, 4) is 0 Å². The highest BCUT2D eigenvalue weighted by atomic mass is 16.2. The number of carbonyl (C=O) groups excluding carboxylic acids is 1. The van der Waals surface area contributed by atoms with Crippen LogP contribution in [0.5, 0.6) is 0 Å². The van der Waals surface area contributed by atoms with Crippen molar-refractivity contribution in [2.75, 3.05) is 35.2 Å². The Balaban J connectivity index is 1.27. The topological polar surface area (TPSA) is 78.5 Å². The van der Waals surface area contributed by atoms with Crippen molar-refractivity contribution < 1.29 is 4.79 Å². The zero-order valence-electron chi connectivity index (χ0n) is 19.5. The second-order valence-electron chi connectivity index (χ2n) is 9.96. The molecule has 0 atom stereocenters. The van der Waals surface area contributed by atoms with Crippen molar-refractivity contribution in [3.05, 3.63) is 49.8 Å². The van der Waals surface area contributed by atoms with E-state index >= 15 is 0 Å². The predicted octanol–water partition coefficient (Wildman–Crippen LogP) is 3.99. The fraction of sp³-hybridized carbons (Fsp3) is 0.577. The van der Waals surface area contributed by atoms with Crippen LogP contribution in [-0.4, -0.2) is 25.5 Å². The van der Waals surface area contributed by atoms with Crippen molar-refractivity contribution in [1.82, 2.24) is 0 Å². The van der Waals surface area contributed by atoms with E-state index in [0.29, 0.717) is 29.8 Å². The average molecular weight is 438 g/mol. The second-order valence-corrected chi connectivity index (χ2v) is 9.96. The molecule has 0 spiro atoms. The maximum Gasteiger partial charge on any atom is 0.253 e. The number of piperidine rings is 1. The highest BCUT2D eigenvalue weighted by Crippen LogP contribution is 2.31. The van der Waals surface area contributed by atoms with Gasteiger partial charge in [-0.3, -0.25) is 14.4 Å². The van der Waals surface area contributed by atoms with Crippen LogP contribution in [0, 0.1) is 31.6 Å². The Labute approximate surface area is 190 Å². The summed E-state index contributed by atoms with van der Waals surface area (Å²) in [5.74, 6) is 1.23. The van der Waals surface area contributed by atoms with Crippen LogP contribution in [0.2, 0.25) is 0 Å². The van der Waals surface area contributed by atoms with Gasteiger partial charge in [-0.25, -0.2) is 0 Å². The van der Waals surface area contributed by atoms with Gasteiger partial charge in [0.25, 0.3) is 10.9 Å². The van der Waals surface area contributed by atoms with Crippen LogP contribution in [0.3, 0.4) is 0 Å². The number of hydrogen-bond donors (Lipinski definition) is 2. The van der Waals surface area contributed by atoms with Gasteiger partial charge in [-0.1, -0.05) is 24.6 Å². The largest absolute Gasteiger partial charge is 0.380 e. The molecule has 32 heavy (non-hydrogen) atoms. The lowest BCUT2D eigenvalue weighted by Gasteiger charge is -2.34. The van der Waals surface area contributed by atoms with Crippen LogP contribution in [0.1, 0.15) is 56.6 Å². The number of aryl methyl sites for hydroxylation is 2. The Kier molecular flexibility index (Phi) is 6.68. The molecule has 2 N–H and O–H groups in total. The average Bonchev–Trinajstić information content (AvgIpc) is 2.79. The number of nitrogens with one attached hydrogen (secondary N) is 2. The Morgan fingerprint density at radius 1 is 1.00 bits per heavy atom. The van der Waals surface area contributed by atoms with Gasteiger partial charge in [-0.05, 0) is 75.8 Å². The molecule has 1 heterocycles. The third-order valence-corrected chi connectivity index (χ3v) is 7.41. The quantitative estimate of drug-likeness (QED) is 0.668. The number of benzene rings is 1. The van der Waals surface area contributed by atoms with E-state index in [2.05, 4.69) is 28.5 Å². The molecule has 2 aliphatic rings. The van der Waals surface area contributed by atoms with Crippen molar-refractivity contribution in [1.29, 1.82) is 0 Å². The van der Waals surface area contributed by atoms with Gasteiger partial charge in [0.1, 0.15) is 11.4 Å². The molecule has 6 nitrogen and oxygen atoms in total. The van der Waals surface area contributed by atoms with Gasteiger partial charge in [0.15, 0.2) is 0 Å². The Morgan fingerprint density at radius 2 is 1.69 bits per heavy atom. The number of carbonyl (C=O) groups is 1. The summed E-state index contributed by atoms with van der Waals surface area (Å²) in [4.78, 5) is 39.2. The molecular weight excluding hydrogens is 402 g/mol. The summed E-state index contributed by atoms with van der Waals surface area (Å²) in [5, 5.41) is 6.39. The molecular formula is C26H35N3O3. The summed E-state index contributed by atoms with van der Waals surface area (Å²) in [6.45, 7) is 8.69. The molecule has 6 heteroatoms. The van der Waals surface area contributed by atoms with Crippen molar-refractivity contribution in [3.63, 3.8) is 0 Å². The van der Waals surface area contributed by atoms with E-state index in [-0.39, 0.29) is 22.7 Å². The smallest absolute Gasteiger partial charge is 0.253 e. The Bertz CT molecular complexity index is 1040. The zero-order chi connectivity index (χ0) is 22.8. The molecule has 0 unspecified atom stereocenters. The molecule has 4 rings (SSSR count). The van der Waals surface area contributed by atoms with Gasteiger partial charge in [0.2, 0.25) is 5.91 Å². The number of hydrogen-bond acceptors (Lipinski definition) is 5. The molecule has 1 amide bonds. The molecule has 172 valence electrons. The number of nitrogens with zero attached hydrogens (tertiary/aromatic N) is 1. The van der Waals surface area contributed by atoms with E-state index in [1.807, 2.05) is 26.0 Å². The first-order chi connectivity index (χ1) is 15.3. The lowest BCUT2D eigenvalue weighted by molar-refractivity contribution is -0.121. The van der Waals surface area contributed by atoms with E-state index in [1.54, 1.807) is 0 Å². The van der Waals surface area contributed by atoms with Crippen LogP contribution in [-0.2, 0) is 4.79 Å². The van der Waals surface area contributed by atoms with E-state index in [1.165, 1.54) is 5.56 Å². The lowest BCUT2D eigenvalue weighted by atomic mass is 9.81. The minimum atomic E-state index is -0.375. The highest BCUT2D eigenvalue weighted by molar-refractivity contribution is 5.93. The summed E-state index contributed by atoms with van der Waals surface area (Å²) in [7, 11) is 0. The molecule has 2 aromatic carbocycles. The fourth-order valence-electron chi connectivity index (χ4n) is 5.14. The van der Waals surface area contributed by atoms with Gasteiger partial charge in [0.05, 0.1) is 0 Å². The van der Waals surface area contributed by atoms with Gasteiger partial charge >= 0.3 is 0 Å². The fourth-order valence-corrected chi connectivity index (χ4v) is 5.14. The second kappa shape index (κ2) is 9.47. The van der Waals surface area contributed by atoms with Crippen molar-refractivity contribution in [2.45, 2.75) is 59.3 Å². The van der Waals surface area contributed by atoms with Crippen LogP contribution in [0.4, 0.5) is 17.1 Å². The molecule has 0 aromatic heterocycles. The van der Waals surface area contributed by atoms with Crippen LogP contribution < -0.4 is 26.4 Å². The van der Waals surface area contributed by atoms with Crippen molar-refractivity contribution >= 4 is 23.0 Å². The van der Waals surface area contributed by atoms with E-state index in [9.17, 15) is 14.4 Å². The molecule has 1 saturated carbocycles. The van der Waals surface area contributed by atoms with Gasteiger partial charge in [-0.2, -0.15) is 0 Å². The molecule has 2 fully saturated rings. The van der Waals surface area contributed by atoms with Crippen LogP contribution >= 0.6 is 0 Å². The summed E-state index contributed by atoms with van der Waals surface area (Å²) < 4.78 is 0. The summed E-state index contributed by atoms with van der Waals surface area (Å²) in [6, 6.07) is 6.08. The Morgan fingerprint density at radius 3 is 2.34 bits per heavy atom. The SMILES string of the molecule is Cc1ccc(NC(=O)C2CCC(CNc3c(N4CCC(C)CC4)c(=O)c3=O)CC2)c(C)c1. The normalized spacial score (nSPS) is 22.2. The molecule has 1 aliphatic carbocycles. The number of amides is 1. The van der Waals surface area contributed by atoms with E-state index in [0.717, 1.165) is 62.9 Å². The minimum absolute atomic E-state index is 0.0315. The summed E-state index contributed by atoms with van der Waals surface area (Å²) >= 11 is 0. The van der Waals surface area contributed by atoms with Crippen molar-refractivity contribution in [2.24, 2.45) is 17.8 Å². The van der Waals surface area contributed by atoms with E-state index < -0.39 is 0 Å². The molecule has 2 aromatic rings. The molecule has 1 saturated heterocycles.